The van der Waals surface area contributed by atoms with Crippen LogP contribution in [0.25, 0.3) is 0 Å². The monoisotopic (exact) mass is 224 g/mol. The minimum atomic E-state index is 0.808. The molecule has 94 valence electrons. The highest BCUT2D eigenvalue weighted by Gasteiger charge is 2.36. The lowest BCUT2D eigenvalue weighted by Crippen LogP contribution is -2.37. The smallest absolute Gasteiger partial charge is 0.0114 e. The molecule has 0 radical (unpaired) electrons. The summed E-state index contributed by atoms with van der Waals surface area (Å²) in [5.41, 5.74) is 0. The van der Waals surface area contributed by atoms with Gasteiger partial charge in [0.25, 0.3) is 0 Å². The molecular formula is C14H28N2. The predicted molar refractivity (Wildman–Crippen MR) is 69.7 cm³/mol. The lowest BCUT2D eigenvalue weighted by atomic mass is 10.2. The van der Waals surface area contributed by atoms with E-state index in [0.717, 1.165) is 18.1 Å². The third-order valence-corrected chi connectivity index (χ3v) is 4.05. The van der Waals surface area contributed by atoms with Crippen molar-refractivity contribution >= 4 is 0 Å². The molecular weight excluding hydrogens is 196 g/mol. The lowest BCUT2D eigenvalue weighted by Gasteiger charge is -2.28. The highest BCUT2D eigenvalue weighted by Crippen LogP contribution is 2.34. The van der Waals surface area contributed by atoms with Crippen molar-refractivity contribution in [2.75, 3.05) is 13.1 Å². The second kappa shape index (κ2) is 6.02. The summed E-state index contributed by atoms with van der Waals surface area (Å²) in [5.74, 6) is 0. The number of hydrogen-bond acceptors (Lipinski definition) is 2. The van der Waals surface area contributed by atoms with Crippen molar-refractivity contribution in [3.8, 4) is 0 Å². The van der Waals surface area contributed by atoms with Crippen LogP contribution >= 0.6 is 0 Å². The van der Waals surface area contributed by atoms with Crippen molar-refractivity contribution in [2.45, 2.75) is 76.9 Å². The molecule has 0 aliphatic heterocycles. The van der Waals surface area contributed by atoms with Crippen LogP contribution in [0.5, 0.6) is 0 Å². The van der Waals surface area contributed by atoms with Gasteiger partial charge < -0.3 is 5.32 Å². The van der Waals surface area contributed by atoms with Crippen LogP contribution in [0.1, 0.15) is 58.8 Å². The molecule has 2 saturated carbocycles. The fraction of sp³-hybridized carbons (Fsp3) is 1.00. The molecule has 2 aliphatic rings. The van der Waals surface area contributed by atoms with Crippen LogP contribution < -0.4 is 5.32 Å². The molecule has 2 atom stereocenters. The lowest BCUT2D eigenvalue weighted by molar-refractivity contribution is 0.186. The summed E-state index contributed by atoms with van der Waals surface area (Å²) in [5, 5.41) is 3.69. The van der Waals surface area contributed by atoms with Gasteiger partial charge in [0.05, 0.1) is 0 Å². The van der Waals surface area contributed by atoms with Crippen LogP contribution in [0, 0.1) is 0 Å². The zero-order chi connectivity index (χ0) is 11.4. The molecule has 0 aromatic rings. The van der Waals surface area contributed by atoms with E-state index in [1.54, 1.807) is 0 Å². The van der Waals surface area contributed by atoms with Crippen LogP contribution in [0.4, 0.5) is 0 Å². The average Bonchev–Trinajstić information content (AvgIpc) is 3.02. The van der Waals surface area contributed by atoms with E-state index in [2.05, 4.69) is 24.1 Å². The van der Waals surface area contributed by atoms with Crippen LogP contribution in [-0.2, 0) is 0 Å². The Bertz CT molecular complexity index is 201. The zero-order valence-corrected chi connectivity index (χ0v) is 11.0. The van der Waals surface area contributed by atoms with Gasteiger partial charge in [-0.3, -0.25) is 4.90 Å². The summed E-state index contributed by atoms with van der Waals surface area (Å²) in [4.78, 5) is 2.81. The van der Waals surface area contributed by atoms with Gasteiger partial charge in [-0.15, -0.1) is 0 Å². The summed E-state index contributed by atoms with van der Waals surface area (Å²) < 4.78 is 0. The molecule has 16 heavy (non-hydrogen) atoms. The molecule has 0 saturated heterocycles. The SMILES string of the molecule is CCCNC1CCC(N(CCC)C2CC2)C1. The molecule has 0 aromatic heterocycles. The van der Waals surface area contributed by atoms with Crippen molar-refractivity contribution in [3.05, 3.63) is 0 Å². The molecule has 2 fully saturated rings. The van der Waals surface area contributed by atoms with Crippen LogP contribution in [0.15, 0.2) is 0 Å². The molecule has 2 aliphatic carbocycles. The van der Waals surface area contributed by atoms with Crippen molar-refractivity contribution in [3.63, 3.8) is 0 Å². The molecule has 1 N–H and O–H groups in total. The largest absolute Gasteiger partial charge is 0.314 e. The minimum absolute atomic E-state index is 0.808. The van der Waals surface area contributed by atoms with E-state index < -0.39 is 0 Å². The van der Waals surface area contributed by atoms with E-state index in [9.17, 15) is 0 Å². The van der Waals surface area contributed by atoms with E-state index in [4.69, 9.17) is 0 Å². The fourth-order valence-corrected chi connectivity index (χ4v) is 3.12. The summed E-state index contributed by atoms with van der Waals surface area (Å²) in [6, 6.07) is 2.65. The number of hydrogen-bond donors (Lipinski definition) is 1. The normalized spacial score (nSPS) is 30.2. The highest BCUT2D eigenvalue weighted by atomic mass is 15.2. The van der Waals surface area contributed by atoms with E-state index in [-0.39, 0.29) is 0 Å². The van der Waals surface area contributed by atoms with Crippen molar-refractivity contribution < 1.29 is 0 Å². The van der Waals surface area contributed by atoms with E-state index in [1.807, 2.05) is 0 Å². The maximum absolute atomic E-state index is 3.69. The van der Waals surface area contributed by atoms with E-state index >= 15 is 0 Å². The Morgan fingerprint density at radius 1 is 1.00 bits per heavy atom. The molecule has 0 heterocycles. The Balaban J connectivity index is 1.76. The standard InChI is InChI=1S/C14H28N2/c1-3-9-15-12-5-6-14(11-12)16(10-4-2)13-7-8-13/h12-15H,3-11H2,1-2H3. The molecule has 2 nitrogen and oxygen atoms in total. The molecule has 0 amide bonds. The third-order valence-electron chi connectivity index (χ3n) is 4.05. The second-order valence-electron chi connectivity index (χ2n) is 5.59. The predicted octanol–water partition coefficient (Wildman–Crippen LogP) is 2.78. The maximum Gasteiger partial charge on any atom is 0.0114 e. The quantitative estimate of drug-likeness (QED) is 0.715. The summed E-state index contributed by atoms with van der Waals surface area (Å²) in [6.45, 7) is 7.11. The number of nitrogens with zero attached hydrogens (tertiary/aromatic N) is 1. The van der Waals surface area contributed by atoms with Gasteiger partial charge in [-0.05, 0) is 58.0 Å². The fourth-order valence-electron chi connectivity index (χ4n) is 3.12. The van der Waals surface area contributed by atoms with Gasteiger partial charge in [0, 0.05) is 18.1 Å². The number of rotatable bonds is 7. The zero-order valence-electron chi connectivity index (χ0n) is 11.0. The van der Waals surface area contributed by atoms with E-state index in [0.29, 0.717) is 0 Å². The second-order valence-corrected chi connectivity index (χ2v) is 5.59. The summed E-state index contributed by atoms with van der Waals surface area (Å²) >= 11 is 0. The van der Waals surface area contributed by atoms with Gasteiger partial charge in [0.1, 0.15) is 0 Å². The molecule has 0 aromatic carbocycles. The highest BCUT2D eigenvalue weighted by molar-refractivity contribution is 4.93. The average molecular weight is 224 g/mol. The first-order valence-corrected chi connectivity index (χ1v) is 7.34. The molecule has 0 spiro atoms. The van der Waals surface area contributed by atoms with Crippen LogP contribution in [0.2, 0.25) is 0 Å². The Morgan fingerprint density at radius 2 is 1.75 bits per heavy atom. The Kier molecular flexibility index (Phi) is 4.66. The summed E-state index contributed by atoms with van der Waals surface area (Å²) in [6.07, 6.45) is 9.74. The first-order chi connectivity index (χ1) is 7.85. The van der Waals surface area contributed by atoms with E-state index in [1.165, 1.54) is 58.0 Å². The maximum atomic E-state index is 3.69. The van der Waals surface area contributed by atoms with Gasteiger partial charge in [-0.1, -0.05) is 13.8 Å². The molecule has 2 heteroatoms. The van der Waals surface area contributed by atoms with Crippen molar-refractivity contribution in [1.29, 1.82) is 0 Å². The Morgan fingerprint density at radius 3 is 2.38 bits per heavy atom. The molecule has 2 rings (SSSR count). The Hall–Kier alpha value is -0.0800. The van der Waals surface area contributed by atoms with Crippen molar-refractivity contribution in [1.82, 2.24) is 10.2 Å². The topological polar surface area (TPSA) is 15.3 Å². The molecule has 2 unspecified atom stereocenters. The van der Waals surface area contributed by atoms with Gasteiger partial charge in [-0.2, -0.15) is 0 Å². The van der Waals surface area contributed by atoms with Crippen LogP contribution in [0.3, 0.4) is 0 Å². The first-order valence-electron chi connectivity index (χ1n) is 7.34. The van der Waals surface area contributed by atoms with Gasteiger partial charge in [-0.25, -0.2) is 0 Å². The third kappa shape index (κ3) is 3.21. The van der Waals surface area contributed by atoms with Gasteiger partial charge >= 0.3 is 0 Å². The minimum Gasteiger partial charge on any atom is -0.314 e. The molecule has 0 bridgehead atoms. The van der Waals surface area contributed by atoms with Crippen molar-refractivity contribution in [2.24, 2.45) is 0 Å². The summed E-state index contributed by atoms with van der Waals surface area (Å²) in [7, 11) is 0. The van der Waals surface area contributed by atoms with Gasteiger partial charge in [0.15, 0.2) is 0 Å². The number of nitrogens with one attached hydrogen (secondary N) is 1. The van der Waals surface area contributed by atoms with Crippen LogP contribution in [-0.4, -0.2) is 36.1 Å². The first kappa shape index (κ1) is 12.4. The van der Waals surface area contributed by atoms with Gasteiger partial charge in [0.2, 0.25) is 0 Å². The Labute approximate surface area is 101 Å².